The molecule has 41 heavy (non-hydrogen) atoms. The predicted molar refractivity (Wildman–Crippen MR) is 148 cm³/mol. The zero-order valence-electron chi connectivity index (χ0n) is 22.7. The van der Waals surface area contributed by atoms with Crippen LogP contribution in [-0.2, 0) is 4.79 Å². The molecule has 8 nitrogen and oxygen atoms in total. The van der Waals surface area contributed by atoms with Crippen molar-refractivity contribution in [1.82, 2.24) is 19.7 Å². The van der Waals surface area contributed by atoms with Crippen LogP contribution in [0.4, 0.5) is 19.0 Å². The van der Waals surface area contributed by atoms with E-state index in [2.05, 4.69) is 6.58 Å². The van der Waals surface area contributed by atoms with E-state index in [1.54, 1.807) is 32.9 Å². The van der Waals surface area contributed by atoms with Crippen molar-refractivity contribution in [2.75, 3.05) is 50.8 Å². The summed E-state index contributed by atoms with van der Waals surface area (Å²) in [5, 5.41) is 0.0173. The molecule has 218 valence electrons. The third kappa shape index (κ3) is 4.92. The molecule has 2 amide bonds. The number of piperazine rings is 1. The van der Waals surface area contributed by atoms with Gasteiger partial charge in [0.05, 0.1) is 18.3 Å². The lowest BCUT2D eigenvalue weighted by atomic mass is 10.1. The number of rotatable bonds is 4. The molecule has 6 rings (SSSR count). The smallest absolute Gasteiger partial charge is 0.261 e. The number of aromatic nitrogens is 1. The first-order valence-electron chi connectivity index (χ1n) is 13.8. The zero-order valence-corrected chi connectivity index (χ0v) is 23.4. The van der Waals surface area contributed by atoms with Crippen LogP contribution < -0.4 is 9.64 Å². The Bertz CT molecular complexity index is 1410. The highest BCUT2D eigenvalue weighted by Gasteiger charge is 2.46. The maximum absolute atomic E-state index is 15.0. The summed E-state index contributed by atoms with van der Waals surface area (Å²) in [5.74, 6) is -3.43. The number of pyridine rings is 1. The summed E-state index contributed by atoms with van der Waals surface area (Å²) in [4.78, 5) is 38.3. The van der Waals surface area contributed by atoms with Gasteiger partial charge in [0.1, 0.15) is 28.8 Å². The van der Waals surface area contributed by atoms with Gasteiger partial charge < -0.3 is 19.4 Å². The van der Waals surface area contributed by atoms with Gasteiger partial charge in [-0.25, -0.2) is 18.2 Å². The number of carbonyl (C=O) groups excluding carboxylic acids is 2. The van der Waals surface area contributed by atoms with Crippen molar-refractivity contribution in [2.45, 2.75) is 43.8 Å². The van der Waals surface area contributed by atoms with E-state index in [9.17, 15) is 18.4 Å². The van der Waals surface area contributed by atoms with Crippen LogP contribution in [0.5, 0.6) is 5.75 Å². The average Bonchev–Trinajstić information content (AvgIpc) is 3.48. The Kier molecular flexibility index (Phi) is 7.14. The summed E-state index contributed by atoms with van der Waals surface area (Å²) in [5.41, 5.74) is 0.461. The van der Waals surface area contributed by atoms with Gasteiger partial charge in [-0.05, 0) is 31.6 Å². The molecule has 4 aliphatic heterocycles. The monoisotopic (exact) mass is 589 g/mol. The Hall–Kier alpha value is -3.31. The molecule has 3 fully saturated rings. The number of hydrogen-bond acceptors (Lipinski definition) is 6. The lowest BCUT2D eigenvalue weighted by Crippen LogP contribution is -2.57. The first-order chi connectivity index (χ1) is 19.6. The Morgan fingerprint density at radius 2 is 1.95 bits per heavy atom. The highest BCUT2D eigenvalue weighted by atomic mass is 35.5. The van der Waals surface area contributed by atoms with Crippen LogP contribution >= 0.6 is 11.6 Å². The molecule has 3 saturated heterocycles. The number of benzene rings is 1. The fourth-order valence-corrected chi connectivity index (χ4v) is 6.74. The molecule has 0 N–H and O–H groups in total. The average molecular weight is 590 g/mol. The number of amides is 2. The summed E-state index contributed by atoms with van der Waals surface area (Å²) in [6.45, 7) is 6.82. The number of fused-ring (bicyclic) bond motifs is 2. The molecule has 1 aromatic heterocycles. The van der Waals surface area contributed by atoms with Crippen molar-refractivity contribution < 1.29 is 27.5 Å². The van der Waals surface area contributed by atoms with Gasteiger partial charge in [0.25, 0.3) is 11.8 Å². The molecule has 3 atom stereocenters. The van der Waals surface area contributed by atoms with E-state index in [1.807, 2.05) is 11.8 Å². The van der Waals surface area contributed by atoms with Gasteiger partial charge in [0.2, 0.25) is 5.91 Å². The highest BCUT2D eigenvalue weighted by Crippen LogP contribution is 2.45. The fraction of sp³-hybridized carbons (Fsp3) is 0.483. The van der Waals surface area contributed by atoms with Crippen LogP contribution in [0.2, 0.25) is 5.02 Å². The Morgan fingerprint density at radius 3 is 2.66 bits per heavy atom. The van der Waals surface area contributed by atoms with Crippen LogP contribution in [0.25, 0.3) is 11.3 Å². The van der Waals surface area contributed by atoms with Crippen LogP contribution in [0.1, 0.15) is 30.1 Å². The van der Waals surface area contributed by atoms with Crippen molar-refractivity contribution in [2.24, 2.45) is 0 Å². The summed E-state index contributed by atoms with van der Waals surface area (Å²) in [7, 11) is 0. The van der Waals surface area contributed by atoms with Gasteiger partial charge in [-0.15, -0.1) is 0 Å². The molecule has 4 aliphatic rings. The van der Waals surface area contributed by atoms with Crippen molar-refractivity contribution in [3.8, 4) is 17.0 Å². The molecule has 0 spiro atoms. The summed E-state index contributed by atoms with van der Waals surface area (Å²) >= 11 is 6.84. The number of nitrogens with zero attached hydrogens (tertiary/aromatic N) is 5. The van der Waals surface area contributed by atoms with E-state index in [-0.39, 0.29) is 84.2 Å². The standard InChI is InChI=1S/C29H31ClF3N5O3/c1-3-22(39)35-10-11-37-19(13-35)15-41-26-23(28(37)40)27(34-25(24(26)30)20-6-4-5-7-21(20)31)38-14-18(12-17(38)2)36-9-8-29(32,33)16-36/h3-7,17-19H,1,8-16H2,2H3/t17-,18?,19?/m0/s1. The van der Waals surface area contributed by atoms with E-state index in [0.717, 1.165) is 0 Å². The molecule has 2 unspecified atom stereocenters. The van der Waals surface area contributed by atoms with Gasteiger partial charge in [-0.3, -0.25) is 14.5 Å². The van der Waals surface area contributed by atoms with E-state index in [1.165, 1.54) is 12.1 Å². The zero-order chi connectivity index (χ0) is 29.1. The number of hydrogen-bond donors (Lipinski definition) is 0. The second-order valence-corrected chi connectivity index (χ2v) is 11.6. The van der Waals surface area contributed by atoms with E-state index >= 15 is 4.39 Å². The molecule has 0 saturated carbocycles. The molecule has 1 aromatic carbocycles. The van der Waals surface area contributed by atoms with Crippen LogP contribution in [0.15, 0.2) is 36.9 Å². The lowest BCUT2D eigenvalue weighted by molar-refractivity contribution is -0.128. The Balaban J connectivity index is 1.43. The first kappa shape index (κ1) is 27.8. The Morgan fingerprint density at radius 1 is 1.17 bits per heavy atom. The minimum absolute atomic E-state index is 0.0173. The molecule has 5 heterocycles. The van der Waals surface area contributed by atoms with Crippen molar-refractivity contribution in [1.29, 1.82) is 0 Å². The molecule has 0 aliphatic carbocycles. The van der Waals surface area contributed by atoms with E-state index < -0.39 is 17.8 Å². The van der Waals surface area contributed by atoms with Gasteiger partial charge in [-0.1, -0.05) is 30.3 Å². The first-order valence-corrected chi connectivity index (χ1v) is 14.2. The third-order valence-corrected chi connectivity index (χ3v) is 8.96. The molecule has 2 aromatic rings. The minimum Gasteiger partial charge on any atom is -0.489 e. The lowest BCUT2D eigenvalue weighted by Gasteiger charge is -2.39. The SMILES string of the molecule is C=CC(=O)N1CCN2C(=O)c3c(N4CC(N5CCC(F)(F)C5)C[C@@H]4C)nc(-c4ccccc4F)c(Cl)c3OCC2C1. The van der Waals surface area contributed by atoms with E-state index in [0.29, 0.717) is 31.9 Å². The van der Waals surface area contributed by atoms with Crippen molar-refractivity contribution in [3.63, 3.8) is 0 Å². The number of likely N-dealkylation sites (tertiary alicyclic amines) is 1. The van der Waals surface area contributed by atoms with Gasteiger partial charge in [0, 0.05) is 56.8 Å². The molecular formula is C29H31ClF3N5O3. The molecule has 12 heteroatoms. The molecular weight excluding hydrogens is 559 g/mol. The number of carbonyl (C=O) groups is 2. The summed E-state index contributed by atoms with van der Waals surface area (Å²) in [6, 6.07) is 5.34. The maximum Gasteiger partial charge on any atom is 0.261 e. The summed E-state index contributed by atoms with van der Waals surface area (Å²) in [6.07, 6.45) is 1.66. The second kappa shape index (κ2) is 10.5. The van der Waals surface area contributed by atoms with Gasteiger partial charge in [-0.2, -0.15) is 0 Å². The third-order valence-electron chi connectivity index (χ3n) is 8.61. The fourth-order valence-electron chi connectivity index (χ4n) is 6.45. The van der Waals surface area contributed by atoms with Gasteiger partial charge >= 0.3 is 0 Å². The normalized spacial score (nSPS) is 25.9. The van der Waals surface area contributed by atoms with Crippen LogP contribution in [0.3, 0.4) is 0 Å². The molecule has 0 bridgehead atoms. The van der Waals surface area contributed by atoms with Crippen LogP contribution in [-0.4, -0.2) is 101 Å². The number of anilines is 1. The quantitative estimate of drug-likeness (QED) is 0.501. The Labute approximate surface area is 241 Å². The topological polar surface area (TPSA) is 69.2 Å². The summed E-state index contributed by atoms with van der Waals surface area (Å²) < 4.78 is 49.3. The molecule has 0 radical (unpaired) electrons. The van der Waals surface area contributed by atoms with Crippen LogP contribution in [0, 0.1) is 5.82 Å². The number of ether oxygens (including phenoxy) is 1. The van der Waals surface area contributed by atoms with E-state index in [4.69, 9.17) is 21.3 Å². The maximum atomic E-state index is 15.0. The van der Waals surface area contributed by atoms with Crippen molar-refractivity contribution in [3.05, 3.63) is 53.3 Å². The number of halogens is 4. The number of alkyl halides is 2. The highest BCUT2D eigenvalue weighted by molar-refractivity contribution is 6.35. The van der Waals surface area contributed by atoms with Gasteiger partial charge in [0.15, 0.2) is 5.75 Å². The largest absolute Gasteiger partial charge is 0.489 e. The second-order valence-electron chi connectivity index (χ2n) is 11.2. The predicted octanol–water partition coefficient (Wildman–Crippen LogP) is 4.08. The minimum atomic E-state index is -2.72. The van der Waals surface area contributed by atoms with Crippen molar-refractivity contribution >= 4 is 29.2 Å².